The topological polar surface area (TPSA) is 123 Å². The zero-order chi connectivity index (χ0) is 28.3. The molecule has 3 amide bonds. The maximum Gasteiger partial charge on any atom is 0.291 e. The van der Waals surface area contributed by atoms with Gasteiger partial charge < -0.3 is 33.7 Å². The largest absolute Gasteiger partial charge is 0.490 e. The van der Waals surface area contributed by atoms with E-state index >= 15 is 0 Å². The highest BCUT2D eigenvalue weighted by Crippen LogP contribution is 2.52. The lowest BCUT2D eigenvalue weighted by Gasteiger charge is -2.40. The molecule has 4 aliphatic rings. The van der Waals surface area contributed by atoms with Crippen molar-refractivity contribution in [3.8, 4) is 11.5 Å². The second kappa shape index (κ2) is 11.9. The van der Waals surface area contributed by atoms with E-state index in [9.17, 15) is 14.4 Å². The van der Waals surface area contributed by atoms with Gasteiger partial charge in [-0.25, -0.2) is 4.98 Å². The molecule has 1 aromatic carbocycles. The minimum atomic E-state index is -0.468. The summed E-state index contributed by atoms with van der Waals surface area (Å²) in [7, 11) is 0. The summed E-state index contributed by atoms with van der Waals surface area (Å²) in [4.78, 5) is 46.9. The van der Waals surface area contributed by atoms with E-state index in [2.05, 4.69) is 10.3 Å². The number of ether oxygens (including phenoxy) is 3. The van der Waals surface area contributed by atoms with Gasteiger partial charge in [0.15, 0.2) is 17.4 Å². The van der Waals surface area contributed by atoms with Crippen molar-refractivity contribution >= 4 is 17.7 Å². The number of hydrogen-bond donors (Lipinski definition) is 1. The number of rotatable bonds is 4. The third-order valence-corrected chi connectivity index (χ3v) is 8.00. The average molecular weight is 555 g/mol. The van der Waals surface area contributed by atoms with Crippen molar-refractivity contribution in [2.24, 2.45) is 5.41 Å². The summed E-state index contributed by atoms with van der Waals surface area (Å²) in [5.74, 6) is 1.58. The third-order valence-electron chi connectivity index (χ3n) is 8.00. The van der Waals surface area contributed by atoms with Gasteiger partial charge in [0.25, 0.3) is 5.91 Å². The van der Waals surface area contributed by atoms with Crippen LogP contribution in [-0.2, 0) is 14.3 Å². The Morgan fingerprint density at radius 1 is 1.18 bits per heavy atom. The molecule has 1 spiro atoms. The van der Waals surface area contributed by atoms with E-state index in [1.807, 2.05) is 30.0 Å². The smallest absolute Gasteiger partial charge is 0.291 e. The van der Waals surface area contributed by atoms with Crippen LogP contribution in [0.25, 0.3) is 0 Å². The van der Waals surface area contributed by atoms with E-state index in [4.69, 9.17) is 18.6 Å². The van der Waals surface area contributed by atoms with Gasteiger partial charge in [0.05, 0.1) is 18.9 Å². The maximum atomic E-state index is 13.3. The van der Waals surface area contributed by atoms with Gasteiger partial charge in [0.2, 0.25) is 17.6 Å². The Morgan fingerprint density at radius 3 is 2.77 bits per heavy atom. The van der Waals surface area contributed by atoms with Crippen LogP contribution >= 0.6 is 0 Å². The molecule has 1 fully saturated rings. The van der Waals surface area contributed by atoms with Crippen LogP contribution in [0.3, 0.4) is 0 Å². The lowest BCUT2D eigenvalue weighted by Crippen LogP contribution is -2.48. The molecule has 0 aliphatic carbocycles. The maximum absolute atomic E-state index is 13.3. The monoisotopic (exact) mass is 554 g/mol. The normalized spacial score (nSPS) is 23.3. The molecule has 1 saturated heterocycles. The number of hydrogen-bond acceptors (Lipinski definition) is 8. The first-order valence-corrected chi connectivity index (χ1v) is 14.1. The summed E-state index contributed by atoms with van der Waals surface area (Å²) >= 11 is 0. The standard InChI is InChI=1S/C29H38N4O7/c1-4-37-15-25(35)33-14-22-21-8-5-9-23-27(21)39-18-29(22,17-33)16-30-24(34)10-6-11-32(12-7-13-38-23)28(36)26-19(2)31-20(3)40-26/h5,8-9,22H,4,6-7,10-18H2,1-3H3,(H,30,34)/t22-,29+/m0/s1. The molecule has 5 heterocycles. The Hall–Kier alpha value is -3.60. The number of para-hydroxylation sites is 1. The number of nitrogens with zero attached hydrogens (tertiary/aromatic N) is 3. The highest BCUT2D eigenvalue weighted by atomic mass is 16.5. The van der Waals surface area contributed by atoms with Crippen molar-refractivity contribution < 1.29 is 33.0 Å². The quantitative estimate of drug-likeness (QED) is 0.612. The molecule has 4 bridgehead atoms. The highest BCUT2D eigenvalue weighted by Gasteiger charge is 2.53. The molecule has 4 aliphatic heterocycles. The molecular formula is C29H38N4O7. The molecule has 1 aromatic heterocycles. The molecule has 2 aromatic rings. The number of oxazole rings is 1. The van der Waals surface area contributed by atoms with Crippen LogP contribution in [0, 0.1) is 19.3 Å². The number of nitrogens with one attached hydrogen (secondary N) is 1. The lowest BCUT2D eigenvalue weighted by molar-refractivity contribution is -0.135. The minimum Gasteiger partial charge on any atom is -0.490 e. The fourth-order valence-electron chi connectivity index (χ4n) is 5.95. The second-order valence-corrected chi connectivity index (χ2v) is 10.8. The van der Waals surface area contributed by atoms with Gasteiger partial charge in [-0.3, -0.25) is 14.4 Å². The van der Waals surface area contributed by atoms with E-state index in [0.29, 0.717) is 88.5 Å². The Kier molecular flexibility index (Phi) is 8.30. The van der Waals surface area contributed by atoms with Crippen LogP contribution in [0.2, 0.25) is 0 Å². The van der Waals surface area contributed by atoms with E-state index in [1.54, 1.807) is 18.7 Å². The fourth-order valence-corrected chi connectivity index (χ4v) is 5.95. The molecule has 0 radical (unpaired) electrons. The third kappa shape index (κ3) is 5.65. The molecule has 216 valence electrons. The Balaban J connectivity index is 1.38. The Bertz CT molecular complexity index is 1260. The summed E-state index contributed by atoms with van der Waals surface area (Å²) < 4.78 is 23.5. The first kappa shape index (κ1) is 27.9. The van der Waals surface area contributed by atoms with Crippen molar-refractivity contribution in [3.63, 3.8) is 0 Å². The van der Waals surface area contributed by atoms with Crippen molar-refractivity contribution in [1.82, 2.24) is 20.1 Å². The van der Waals surface area contributed by atoms with Crippen molar-refractivity contribution in [2.75, 3.05) is 59.2 Å². The number of carbonyl (C=O) groups excluding carboxylic acids is 3. The van der Waals surface area contributed by atoms with Gasteiger partial charge in [0, 0.05) is 69.6 Å². The van der Waals surface area contributed by atoms with E-state index in [0.717, 1.165) is 5.56 Å². The molecule has 1 N–H and O–H groups in total. The van der Waals surface area contributed by atoms with Crippen LogP contribution in [0.15, 0.2) is 22.6 Å². The van der Waals surface area contributed by atoms with Crippen molar-refractivity contribution in [2.45, 2.75) is 46.0 Å². The number of amides is 3. The van der Waals surface area contributed by atoms with Crippen molar-refractivity contribution in [1.29, 1.82) is 0 Å². The summed E-state index contributed by atoms with van der Waals surface area (Å²) in [5.41, 5.74) is 1.06. The summed E-state index contributed by atoms with van der Waals surface area (Å²) in [5, 5.41) is 3.10. The predicted molar refractivity (Wildman–Crippen MR) is 144 cm³/mol. The van der Waals surface area contributed by atoms with E-state index in [-0.39, 0.29) is 42.4 Å². The number of benzene rings is 1. The molecule has 11 nitrogen and oxygen atoms in total. The zero-order valence-corrected chi connectivity index (χ0v) is 23.5. The Morgan fingerprint density at radius 2 is 2.00 bits per heavy atom. The zero-order valence-electron chi connectivity index (χ0n) is 23.5. The molecule has 11 heteroatoms. The number of fused-ring (bicyclic) bond motifs is 11. The summed E-state index contributed by atoms with van der Waals surface area (Å²) in [6, 6.07) is 5.84. The molecule has 40 heavy (non-hydrogen) atoms. The summed E-state index contributed by atoms with van der Waals surface area (Å²) in [6.45, 7) is 8.79. The van der Waals surface area contributed by atoms with E-state index < -0.39 is 5.41 Å². The number of aromatic nitrogens is 1. The van der Waals surface area contributed by atoms with Gasteiger partial charge in [-0.2, -0.15) is 0 Å². The minimum absolute atomic E-state index is 0.0136. The first-order valence-electron chi connectivity index (χ1n) is 14.1. The molecular weight excluding hydrogens is 516 g/mol. The second-order valence-electron chi connectivity index (χ2n) is 10.8. The Labute approximate surface area is 234 Å². The van der Waals surface area contributed by atoms with Crippen LogP contribution in [0.4, 0.5) is 0 Å². The van der Waals surface area contributed by atoms with Crippen LogP contribution < -0.4 is 14.8 Å². The van der Waals surface area contributed by atoms with E-state index in [1.165, 1.54) is 0 Å². The highest BCUT2D eigenvalue weighted by molar-refractivity contribution is 5.92. The van der Waals surface area contributed by atoms with Gasteiger partial charge in [-0.15, -0.1) is 0 Å². The van der Waals surface area contributed by atoms with Crippen LogP contribution in [0.1, 0.15) is 59.8 Å². The summed E-state index contributed by atoms with van der Waals surface area (Å²) in [6.07, 6.45) is 1.35. The first-order chi connectivity index (χ1) is 19.3. The molecule has 2 atom stereocenters. The van der Waals surface area contributed by atoms with Gasteiger partial charge >= 0.3 is 0 Å². The number of carbonyl (C=O) groups is 3. The van der Waals surface area contributed by atoms with Crippen molar-refractivity contribution in [3.05, 3.63) is 41.1 Å². The lowest BCUT2D eigenvalue weighted by atomic mass is 9.73. The molecule has 6 rings (SSSR count). The van der Waals surface area contributed by atoms with Crippen LogP contribution in [-0.4, -0.2) is 91.7 Å². The number of likely N-dealkylation sites (tertiary alicyclic amines) is 1. The molecule has 0 saturated carbocycles. The van der Waals surface area contributed by atoms with Gasteiger partial charge in [0.1, 0.15) is 6.61 Å². The predicted octanol–water partition coefficient (Wildman–Crippen LogP) is 2.45. The fraction of sp³-hybridized carbons (Fsp3) is 0.586. The van der Waals surface area contributed by atoms with Gasteiger partial charge in [-0.05, 0) is 32.8 Å². The average Bonchev–Trinajstić information content (AvgIpc) is 3.50. The van der Waals surface area contributed by atoms with Gasteiger partial charge in [-0.1, -0.05) is 12.1 Å². The molecule has 0 unspecified atom stereocenters. The van der Waals surface area contributed by atoms with Crippen LogP contribution in [0.5, 0.6) is 11.5 Å². The SMILES string of the molecule is CCOCC(=O)N1C[C@H]2c3cccc4c3OC[C@@]2(CNC(=O)CCCN(C(=O)c2oc(C)nc2C)CCCO4)C1. The number of aryl methyl sites for hydroxylation is 2.